The van der Waals surface area contributed by atoms with Gasteiger partial charge in [0.05, 0.1) is 17.7 Å². The lowest BCUT2D eigenvalue weighted by Gasteiger charge is -2.04. The number of aromatic nitrogens is 2. The molecule has 0 aliphatic heterocycles. The molecule has 5 heteroatoms. The Kier molecular flexibility index (Phi) is 4.14. The van der Waals surface area contributed by atoms with Gasteiger partial charge in [0, 0.05) is 17.2 Å². The van der Waals surface area contributed by atoms with Crippen LogP contribution in [-0.4, -0.2) is 15.6 Å². The van der Waals surface area contributed by atoms with E-state index in [4.69, 9.17) is 0 Å². The SMILES string of the molecule is CCc1cc(CC(=O)c2cc(Br)ccc2F)n(C)n1. The molecule has 0 unspecified atom stereocenters. The van der Waals surface area contributed by atoms with Gasteiger partial charge in [-0.15, -0.1) is 0 Å². The van der Waals surface area contributed by atoms with Gasteiger partial charge in [0.15, 0.2) is 5.78 Å². The van der Waals surface area contributed by atoms with Gasteiger partial charge in [-0.25, -0.2) is 4.39 Å². The number of ketones is 1. The van der Waals surface area contributed by atoms with E-state index in [1.807, 2.05) is 13.0 Å². The summed E-state index contributed by atoms with van der Waals surface area (Å²) in [5.74, 6) is -0.740. The second-order valence-corrected chi connectivity index (χ2v) is 5.24. The first-order chi connectivity index (χ1) is 9.01. The van der Waals surface area contributed by atoms with E-state index in [9.17, 15) is 9.18 Å². The van der Waals surface area contributed by atoms with Crippen molar-refractivity contribution in [3.8, 4) is 0 Å². The minimum absolute atomic E-state index is 0.105. The molecule has 19 heavy (non-hydrogen) atoms. The molecule has 0 saturated carbocycles. The predicted octanol–water partition coefficient (Wildman–Crippen LogP) is 3.31. The summed E-state index contributed by atoms with van der Waals surface area (Å²) in [5, 5.41) is 4.28. The number of benzene rings is 1. The number of nitrogens with zero attached hydrogens (tertiary/aromatic N) is 2. The van der Waals surface area contributed by atoms with Crippen LogP contribution in [0.15, 0.2) is 28.7 Å². The highest BCUT2D eigenvalue weighted by atomic mass is 79.9. The molecule has 1 aromatic heterocycles. The first kappa shape index (κ1) is 13.9. The molecule has 0 bridgehead atoms. The average molecular weight is 325 g/mol. The van der Waals surface area contributed by atoms with Crippen molar-refractivity contribution in [2.75, 3.05) is 0 Å². The van der Waals surface area contributed by atoms with E-state index in [2.05, 4.69) is 21.0 Å². The Bertz CT molecular complexity index is 622. The van der Waals surface area contributed by atoms with E-state index >= 15 is 0 Å². The van der Waals surface area contributed by atoms with Crippen molar-refractivity contribution in [1.82, 2.24) is 9.78 Å². The van der Waals surface area contributed by atoms with Crippen LogP contribution >= 0.6 is 15.9 Å². The molecule has 0 N–H and O–H groups in total. The number of hydrogen-bond acceptors (Lipinski definition) is 2. The lowest BCUT2D eigenvalue weighted by atomic mass is 10.1. The van der Waals surface area contributed by atoms with Crippen molar-refractivity contribution in [1.29, 1.82) is 0 Å². The minimum Gasteiger partial charge on any atom is -0.294 e. The quantitative estimate of drug-likeness (QED) is 0.809. The van der Waals surface area contributed by atoms with E-state index in [0.29, 0.717) is 4.47 Å². The first-order valence-electron chi connectivity index (χ1n) is 6.01. The van der Waals surface area contributed by atoms with E-state index in [1.54, 1.807) is 17.8 Å². The van der Waals surface area contributed by atoms with Gasteiger partial charge in [0.1, 0.15) is 5.82 Å². The zero-order chi connectivity index (χ0) is 14.0. The molecule has 1 aromatic carbocycles. The Balaban J connectivity index is 2.25. The van der Waals surface area contributed by atoms with Crippen molar-refractivity contribution in [3.05, 3.63) is 51.5 Å². The highest BCUT2D eigenvalue weighted by molar-refractivity contribution is 9.10. The molecular formula is C14H14BrFN2O. The molecule has 0 fully saturated rings. The average Bonchev–Trinajstić information content (AvgIpc) is 2.73. The fourth-order valence-electron chi connectivity index (χ4n) is 1.88. The van der Waals surface area contributed by atoms with Crippen molar-refractivity contribution in [3.63, 3.8) is 0 Å². The van der Waals surface area contributed by atoms with Gasteiger partial charge in [-0.1, -0.05) is 22.9 Å². The predicted molar refractivity (Wildman–Crippen MR) is 74.7 cm³/mol. The summed E-state index contributed by atoms with van der Waals surface area (Å²) in [6.45, 7) is 2.00. The van der Waals surface area contributed by atoms with Gasteiger partial charge in [0.25, 0.3) is 0 Å². The van der Waals surface area contributed by atoms with Gasteiger partial charge in [-0.3, -0.25) is 9.48 Å². The largest absolute Gasteiger partial charge is 0.294 e. The number of halogens is 2. The highest BCUT2D eigenvalue weighted by Gasteiger charge is 2.15. The molecule has 0 radical (unpaired) electrons. The number of Topliss-reactive ketones (excluding diaryl/α,β-unsaturated/α-hetero) is 1. The van der Waals surface area contributed by atoms with E-state index in [0.717, 1.165) is 17.8 Å². The molecule has 3 nitrogen and oxygen atoms in total. The Labute approximate surface area is 119 Å². The standard InChI is InChI=1S/C14H14BrFN2O/c1-3-10-7-11(18(2)17-10)8-14(19)12-6-9(15)4-5-13(12)16/h4-7H,3,8H2,1-2H3. The van der Waals surface area contributed by atoms with Crippen LogP contribution in [0.25, 0.3) is 0 Å². The zero-order valence-electron chi connectivity index (χ0n) is 10.8. The maximum Gasteiger partial charge on any atom is 0.171 e. The smallest absolute Gasteiger partial charge is 0.171 e. The molecule has 2 rings (SSSR count). The van der Waals surface area contributed by atoms with E-state index < -0.39 is 5.82 Å². The highest BCUT2D eigenvalue weighted by Crippen LogP contribution is 2.18. The van der Waals surface area contributed by atoms with Crippen LogP contribution in [-0.2, 0) is 19.9 Å². The third kappa shape index (κ3) is 3.10. The summed E-state index contributed by atoms with van der Waals surface area (Å²) in [6.07, 6.45) is 0.962. The summed E-state index contributed by atoms with van der Waals surface area (Å²) >= 11 is 3.24. The minimum atomic E-state index is -0.494. The first-order valence-corrected chi connectivity index (χ1v) is 6.80. The second kappa shape index (κ2) is 5.65. The maximum atomic E-state index is 13.6. The molecular weight excluding hydrogens is 311 g/mol. The lowest BCUT2D eigenvalue weighted by Crippen LogP contribution is -2.09. The number of rotatable bonds is 4. The summed E-state index contributed by atoms with van der Waals surface area (Å²) < 4.78 is 16.0. The van der Waals surface area contributed by atoms with Gasteiger partial charge in [-0.05, 0) is 30.7 Å². The Hall–Kier alpha value is -1.49. The number of hydrogen-bond donors (Lipinski definition) is 0. The molecule has 100 valence electrons. The zero-order valence-corrected chi connectivity index (χ0v) is 12.4. The third-order valence-electron chi connectivity index (χ3n) is 2.96. The summed E-state index contributed by atoms with van der Waals surface area (Å²) in [7, 11) is 1.79. The van der Waals surface area contributed by atoms with Crippen molar-refractivity contribution < 1.29 is 9.18 Å². The normalized spacial score (nSPS) is 10.7. The maximum absolute atomic E-state index is 13.6. The number of aryl methyl sites for hydroxylation is 2. The van der Waals surface area contributed by atoms with Gasteiger partial charge < -0.3 is 0 Å². The Morgan fingerprint density at radius 1 is 1.42 bits per heavy atom. The van der Waals surface area contributed by atoms with Gasteiger partial charge in [-0.2, -0.15) is 5.10 Å². The van der Waals surface area contributed by atoms with Crippen LogP contribution in [0.1, 0.15) is 28.7 Å². The van der Waals surface area contributed by atoms with Crippen molar-refractivity contribution in [2.45, 2.75) is 19.8 Å². The Morgan fingerprint density at radius 2 is 2.16 bits per heavy atom. The molecule has 2 aromatic rings. The lowest BCUT2D eigenvalue weighted by molar-refractivity contribution is 0.0987. The number of carbonyl (C=O) groups excluding carboxylic acids is 1. The van der Waals surface area contributed by atoms with Gasteiger partial charge in [0.2, 0.25) is 0 Å². The third-order valence-corrected chi connectivity index (χ3v) is 3.45. The molecule has 0 atom stereocenters. The molecule has 0 amide bonds. The molecule has 0 spiro atoms. The van der Waals surface area contributed by atoms with Crippen LogP contribution in [0, 0.1) is 5.82 Å². The second-order valence-electron chi connectivity index (χ2n) is 4.33. The molecule has 1 heterocycles. The van der Waals surface area contributed by atoms with E-state index in [1.165, 1.54) is 12.1 Å². The van der Waals surface area contributed by atoms with E-state index in [-0.39, 0.29) is 17.8 Å². The van der Waals surface area contributed by atoms with Crippen LogP contribution in [0.3, 0.4) is 0 Å². The number of carbonyl (C=O) groups is 1. The summed E-state index contributed by atoms with van der Waals surface area (Å²) in [6, 6.07) is 6.26. The molecule has 0 aliphatic carbocycles. The van der Waals surface area contributed by atoms with Crippen LogP contribution in [0.4, 0.5) is 4.39 Å². The van der Waals surface area contributed by atoms with Crippen LogP contribution in [0.2, 0.25) is 0 Å². The summed E-state index contributed by atoms with van der Waals surface area (Å²) in [4.78, 5) is 12.1. The van der Waals surface area contributed by atoms with Crippen molar-refractivity contribution >= 4 is 21.7 Å². The molecule has 0 saturated heterocycles. The fraction of sp³-hybridized carbons (Fsp3) is 0.286. The van der Waals surface area contributed by atoms with Crippen molar-refractivity contribution in [2.24, 2.45) is 7.05 Å². The van der Waals surface area contributed by atoms with Crippen LogP contribution in [0.5, 0.6) is 0 Å². The fourth-order valence-corrected chi connectivity index (χ4v) is 2.24. The van der Waals surface area contributed by atoms with Crippen LogP contribution < -0.4 is 0 Å². The summed E-state index contributed by atoms with van der Waals surface area (Å²) in [5.41, 5.74) is 1.83. The van der Waals surface area contributed by atoms with Gasteiger partial charge >= 0.3 is 0 Å². The topological polar surface area (TPSA) is 34.9 Å². The molecule has 0 aliphatic rings. The Morgan fingerprint density at radius 3 is 2.79 bits per heavy atom. The monoisotopic (exact) mass is 324 g/mol.